The second kappa shape index (κ2) is 3.87. The fourth-order valence-corrected chi connectivity index (χ4v) is 2.25. The van der Waals surface area contributed by atoms with E-state index in [1.165, 1.54) is 5.69 Å². The van der Waals surface area contributed by atoms with Crippen molar-refractivity contribution >= 4 is 5.69 Å². The Balaban J connectivity index is 1.85. The van der Waals surface area contributed by atoms with Crippen LogP contribution in [0.3, 0.4) is 0 Å². The van der Waals surface area contributed by atoms with Gasteiger partial charge in [-0.05, 0) is 18.6 Å². The molecule has 16 heavy (non-hydrogen) atoms. The van der Waals surface area contributed by atoms with Gasteiger partial charge in [0, 0.05) is 30.9 Å². The smallest absolute Gasteiger partial charge is 0.163 e. The predicted octanol–water partition coefficient (Wildman–Crippen LogP) is 0.995. The first-order valence-corrected chi connectivity index (χ1v) is 5.73. The number of rotatable bonds is 1. The summed E-state index contributed by atoms with van der Waals surface area (Å²) in [4.78, 5) is 2.29. The maximum Gasteiger partial charge on any atom is 0.163 e. The molecule has 0 radical (unpaired) electrons. The molecule has 1 aromatic carbocycles. The zero-order valence-corrected chi connectivity index (χ0v) is 9.19. The van der Waals surface area contributed by atoms with Crippen molar-refractivity contribution in [1.82, 2.24) is 0 Å². The van der Waals surface area contributed by atoms with Crippen LogP contribution in [0.5, 0.6) is 11.5 Å². The maximum absolute atomic E-state index is 5.90. The standard InChI is InChI=1S/C12H16N2O2/c13-9-3-4-14(8-9)10-1-2-11-12(7-10)16-6-5-15-11/h1-2,7,9H,3-6,8,13H2. The van der Waals surface area contributed by atoms with Gasteiger partial charge in [0.2, 0.25) is 0 Å². The Morgan fingerprint density at radius 1 is 1.19 bits per heavy atom. The van der Waals surface area contributed by atoms with E-state index in [0.29, 0.717) is 19.3 Å². The van der Waals surface area contributed by atoms with E-state index in [-0.39, 0.29) is 0 Å². The lowest BCUT2D eigenvalue weighted by Gasteiger charge is -2.23. The summed E-state index contributed by atoms with van der Waals surface area (Å²) in [7, 11) is 0. The first kappa shape index (κ1) is 9.78. The van der Waals surface area contributed by atoms with Gasteiger partial charge in [0.25, 0.3) is 0 Å². The lowest BCUT2D eigenvalue weighted by molar-refractivity contribution is 0.171. The third-order valence-corrected chi connectivity index (χ3v) is 3.12. The van der Waals surface area contributed by atoms with E-state index < -0.39 is 0 Å². The van der Waals surface area contributed by atoms with Crippen LogP contribution in [0, 0.1) is 0 Å². The molecule has 4 heteroatoms. The molecule has 2 N–H and O–H groups in total. The molecule has 1 atom stereocenters. The van der Waals surface area contributed by atoms with E-state index in [4.69, 9.17) is 15.2 Å². The number of benzene rings is 1. The molecule has 1 unspecified atom stereocenters. The van der Waals surface area contributed by atoms with Crippen LogP contribution in [0.15, 0.2) is 18.2 Å². The van der Waals surface area contributed by atoms with Gasteiger partial charge in [-0.25, -0.2) is 0 Å². The molecule has 0 bridgehead atoms. The summed E-state index contributed by atoms with van der Waals surface area (Å²) < 4.78 is 11.1. The first-order valence-electron chi connectivity index (χ1n) is 5.73. The molecule has 2 aliphatic heterocycles. The maximum atomic E-state index is 5.90. The van der Waals surface area contributed by atoms with Crippen molar-refractivity contribution in [2.45, 2.75) is 12.5 Å². The van der Waals surface area contributed by atoms with Crippen molar-refractivity contribution in [3.63, 3.8) is 0 Å². The third kappa shape index (κ3) is 1.69. The first-order chi connectivity index (χ1) is 7.83. The Morgan fingerprint density at radius 2 is 2.00 bits per heavy atom. The molecular weight excluding hydrogens is 204 g/mol. The molecule has 0 aromatic heterocycles. The molecule has 1 aromatic rings. The molecular formula is C12H16N2O2. The van der Waals surface area contributed by atoms with Crippen LogP contribution in [0.2, 0.25) is 0 Å². The van der Waals surface area contributed by atoms with E-state index >= 15 is 0 Å². The van der Waals surface area contributed by atoms with Crippen LogP contribution >= 0.6 is 0 Å². The monoisotopic (exact) mass is 220 g/mol. The van der Waals surface area contributed by atoms with Crippen molar-refractivity contribution in [1.29, 1.82) is 0 Å². The average Bonchev–Trinajstić information content (AvgIpc) is 2.75. The second-order valence-electron chi connectivity index (χ2n) is 4.32. The Labute approximate surface area is 94.9 Å². The predicted molar refractivity (Wildman–Crippen MR) is 62.2 cm³/mol. The zero-order chi connectivity index (χ0) is 11.0. The van der Waals surface area contributed by atoms with E-state index in [1.54, 1.807) is 0 Å². The van der Waals surface area contributed by atoms with Crippen molar-refractivity contribution in [3.8, 4) is 11.5 Å². The van der Waals surface area contributed by atoms with Crippen LogP contribution in [-0.4, -0.2) is 32.3 Å². The van der Waals surface area contributed by atoms with E-state index in [9.17, 15) is 0 Å². The summed E-state index contributed by atoms with van der Waals surface area (Å²) in [5.41, 5.74) is 7.08. The van der Waals surface area contributed by atoms with Crippen LogP contribution in [-0.2, 0) is 0 Å². The van der Waals surface area contributed by atoms with Gasteiger partial charge in [0.1, 0.15) is 13.2 Å². The number of fused-ring (bicyclic) bond motifs is 1. The number of anilines is 1. The molecule has 4 nitrogen and oxygen atoms in total. The van der Waals surface area contributed by atoms with Crippen molar-refractivity contribution in [2.75, 3.05) is 31.2 Å². The molecule has 2 heterocycles. The number of nitrogens with zero attached hydrogens (tertiary/aromatic N) is 1. The molecule has 0 saturated carbocycles. The molecule has 3 rings (SSSR count). The zero-order valence-electron chi connectivity index (χ0n) is 9.19. The van der Waals surface area contributed by atoms with Gasteiger partial charge in [-0.3, -0.25) is 0 Å². The topological polar surface area (TPSA) is 47.7 Å². The average molecular weight is 220 g/mol. The Morgan fingerprint density at radius 3 is 2.75 bits per heavy atom. The fourth-order valence-electron chi connectivity index (χ4n) is 2.25. The summed E-state index contributed by atoms with van der Waals surface area (Å²) in [6.45, 7) is 3.23. The molecule has 86 valence electrons. The number of ether oxygens (including phenoxy) is 2. The Bertz CT molecular complexity index is 395. The number of nitrogens with two attached hydrogens (primary N) is 1. The van der Waals surface area contributed by atoms with Crippen molar-refractivity contribution in [3.05, 3.63) is 18.2 Å². The normalized spacial score (nSPS) is 23.6. The highest BCUT2D eigenvalue weighted by molar-refractivity contribution is 5.57. The number of hydrogen-bond acceptors (Lipinski definition) is 4. The molecule has 1 saturated heterocycles. The highest BCUT2D eigenvalue weighted by atomic mass is 16.6. The van der Waals surface area contributed by atoms with Gasteiger partial charge in [0.15, 0.2) is 11.5 Å². The summed E-state index contributed by atoms with van der Waals surface area (Å²) in [6.07, 6.45) is 1.06. The Hall–Kier alpha value is -1.42. The van der Waals surface area contributed by atoms with Crippen molar-refractivity contribution in [2.24, 2.45) is 5.73 Å². The largest absolute Gasteiger partial charge is 0.486 e. The van der Waals surface area contributed by atoms with E-state index in [1.807, 2.05) is 12.1 Å². The lowest BCUT2D eigenvalue weighted by Crippen LogP contribution is -2.26. The van der Waals surface area contributed by atoms with Crippen LogP contribution in [0.4, 0.5) is 5.69 Å². The molecule has 0 spiro atoms. The minimum absolute atomic E-state index is 0.299. The highest BCUT2D eigenvalue weighted by Gasteiger charge is 2.21. The lowest BCUT2D eigenvalue weighted by atomic mass is 10.2. The third-order valence-electron chi connectivity index (χ3n) is 3.12. The second-order valence-corrected chi connectivity index (χ2v) is 4.32. The molecule has 2 aliphatic rings. The van der Waals surface area contributed by atoms with E-state index in [2.05, 4.69) is 11.0 Å². The Kier molecular flexibility index (Phi) is 2.36. The molecule has 1 fully saturated rings. The molecule has 0 amide bonds. The van der Waals surface area contributed by atoms with Crippen LogP contribution < -0.4 is 20.1 Å². The van der Waals surface area contributed by atoms with Gasteiger partial charge in [-0.15, -0.1) is 0 Å². The van der Waals surface area contributed by atoms with Crippen molar-refractivity contribution < 1.29 is 9.47 Å². The minimum atomic E-state index is 0.299. The van der Waals surface area contributed by atoms with Gasteiger partial charge in [0.05, 0.1) is 0 Å². The fraction of sp³-hybridized carbons (Fsp3) is 0.500. The SMILES string of the molecule is NC1CCN(c2ccc3c(c2)OCCO3)C1. The van der Waals surface area contributed by atoms with Gasteiger partial charge in [-0.1, -0.05) is 0 Å². The van der Waals surface area contributed by atoms with E-state index in [0.717, 1.165) is 31.0 Å². The quantitative estimate of drug-likeness (QED) is 0.767. The highest BCUT2D eigenvalue weighted by Crippen LogP contribution is 2.34. The summed E-state index contributed by atoms with van der Waals surface area (Å²) in [5, 5.41) is 0. The summed E-state index contributed by atoms with van der Waals surface area (Å²) >= 11 is 0. The minimum Gasteiger partial charge on any atom is -0.486 e. The van der Waals surface area contributed by atoms with Gasteiger partial charge >= 0.3 is 0 Å². The van der Waals surface area contributed by atoms with Crippen LogP contribution in [0.1, 0.15) is 6.42 Å². The van der Waals surface area contributed by atoms with Gasteiger partial charge in [-0.2, -0.15) is 0 Å². The summed E-state index contributed by atoms with van der Waals surface area (Å²) in [5.74, 6) is 1.70. The number of hydrogen-bond donors (Lipinski definition) is 1. The van der Waals surface area contributed by atoms with Crippen LogP contribution in [0.25, 0.3) is 0 Å². The van der Waals surface area contributed by atoms with Gasteiger partial charge < -0.3 is 20.1 Å². The summed E-state index contributed by atoms with van der Waals surface area (Å²) in [6, 6.07) is 6.40. The molecule has 0 aliphatic carbocycles.